The van der Waals surface area contributed by atoms with Gasteiger partial charge in [0.25, 0.3) is 0 Å². The van der Waals surface area contributed by atoms with Crippen molar-refractivity contribution in [1.82, 2.24) is 0 Å². The number of ketones is 1. The number of phenolic OH excluding ortho intramolecular Hbond substituents is 1. The molecule has 4 aromatic rings. The number of carbonyl (C=O) groups excluding carboxylic acids is 1. The zero-order chi connectivity index (χ0) is 21.3. The number of carbonyl (C=O) groups is 1. The maximum absolute atomic E-state index is 13.8. The van der Waals surface area contributed by atoms with Gasteiger partial charge in [-0.15, -0.1) is 11.3 Å². The third-order valence-corrected chi connectivity index (χ3v) is 5.87. The second-order valence-corrected chi connectivity index (χ2v) is 7.95. The van der Waals surface area contributed by atoms with E-state index in [4.69, 9.17) is 4.74 Å². The van der Waals surface area contributed by atoms with Crippen molar-refractivity contribution in [2.45, 2.75) is 13.8 Å². The number of hydrogen-bond acceptors (Lipinski definition) is 4. The van der Waals surface area contributed by atoms with Crippen molar-refractivity contribution < 1.29 is 19.0 Å². The average molecular weight is 418 g/mol. The number of rotatable bonds is 5. The Hall–Kier alpha value is -3.44. The van der Waals surface area contributed by atoms with Gasteiger partial charge in [-0.3, -0.25) is 4.79 Å². The lowest BCUT2D eigenvalue weighted by molar-refractivity contribution is 0.103. The molecule has 0 unspecified atom stereocenters. The van der Waals surface area contributed by atoms with Crippen molar-refractivity contribution in [2.75, 3.05) is 0 Å². The molecule has 0 saturated heterocycles. The Labute approximate surface area is 177 Å². The standard InChI is InChI=1S/C25H19FO3S/c1-3-4-16-6-10-19(11-7-16)29-24-20-12-9-18(27)14-22(20)30-25(24)23(28)21-13-17(26)8-5-15(21)2/h3-14,27H,1-2H3/b4-3+. The van der Waals surface area contributed by atoms with Crippen molar-refractivity contribution in [1.29, 1.82) is 0 Å². The van der Waals surface area contributed by atoms with Crippen LogP contribution >= 0.6 is 11.3 Å². The molecule has 0 aliphatic rings. The summed E-state index contributed by atoms with van der Waals surface area (Å²) in [6.07, 6.45) is 3.93. The Balaban J connectivity index is 1.83. The van der Waals surface area contributed by atoms with E-state index < -0.39 is 5.82 Å². The lowest BCUT2D eigenvalue weighted by Crippen LogP contribution is -2.04. The van der Waals surface area contributed by atoms with Crippen LogP contribution in [0, 0.1) is 12.7 Å². The number of aromatic hydroxyl groups is 1. The Morgan fingerprint density at radius 2 is 1.83 bits per heavy atom. The maximum atomic E-state index is 13.8. The largest absolute Gasteiger partial charge is 0.508 e. The van der Waals surface area contributed by atoms with Gasteiger partial charge < -0.3 is 9.84 Å². The minimum absolute atomic E-state index is 0.104. The zero-order valence-corrected chi connectivity index (χ0v) is 17.3. The molecule has 0 saturated carbocycles. The minimum Gasteiger partial charge on any atom is -0.508 e. The molecule has 150 valence electrons. The molecule has 0 atom stereocenters. The molecular formula is C25H19FO3S. The third kappa shape index (κ3) is 3.84. The van der Waals surface area contributed by atoms with Gasteiger partial charge in [0, 0.05) is 15.6 Å². The van der Waals surface area contributed by atoms with Crippen molar-refractivity contribution in [3.63, 3.8) is 0 Å². The summed E-state index contributed by atoms with van der Waals surface area (Å²) in [5, 5.41) is 10.6. The molecule has 1 N–H and O–H groups in total. The van der Waals surface area contributed by atoms with E-state index in [-0.39, 0.29) is 11.5 Å². The number of fused-ring (bicyclic) bond motifs is 1. The highest BCUT2D eigenvalue weighted by Crippen LogP contribution is 2.43. The summed E-state index contributed by atoms with van der Waals surface area (Å²) in [5.74, 6) is 0.313. The lowest BCUT2D eigenvalue weighted by atomic mass is 10.0. The van der Waals surface area contributed by atoms with Crippen LogP contribution in [-0.4, -0.2) is 10.9 Å². The van der Waals surface area contributed by atoms with Gasteiger partial charge in [0.2, 0.25) is 5.78 Å². The van der Waals surface area contributed by atoms with Crippen LogP contribution in [0.25, 0.3) is 16.2 Å². The molecule has 0 aliphatic heterocycles. The highest BCUT2D eigenvalue weighted by Gasteiger charge is 2.23. The number of benzene rings is 3. The maximum Gasteiger partial charge on any atom is 0.207 e. The fourth-order valence-corrected chi connectivity index (χ4v) is 4.35. The topological polar surface area (TPSA) is 46.5 Å². The van der Waals surface area contributed by atoms with Crippen LogP contribution in [-0.2, 0) is 0 Å². The van der Waals surface area contributed by atoms with Gasteiger partial charge in [-0.05, 0) is 67.4 Å². The van der Waals surface area contributed by atoms with Crippen LogP contribution in [0.2, 0.25) is 0 Å². The monoisotopic (exact) mass is 418 g/mol. The summed E-state index contributed by atoms with van der Waals surface area (Å²) >= 11 is 1.22. The van der Waals surface area contributed by atoms with E-state index in [9.17, 15) is 14.3 Å². The SMILES string of the molecule is C/C=C/c1ccc(Oc2c(C(=O)c3cc(F)ccc3C)sc3cc(O)ccc23)cc1. The predicted octanol–water partition coefficient (Wildman–Crippen LogP) is 7.11. The van der Waals surface area contributed by atoms with Crippen LogP contribution in [0.4, 0.5) is 4.39 Å². The number of ether oxygens (including phenoxy) is 1. The van der Waals surface area contributed by atoms with E-state index in [1.165, 1.54) is 23.5 Å². The molecular weight excluding hydrogens is 399 g/mol. The smallest absolute Gasteiger partial charge is 0.207 e. The first-order valence-corrected chi connectivity index (χ1v) is 10.2. The second-order valence-electron chi connectivity index (χ2n) is 6.90. The molecule has 0 bridgehead atoms. The molecule has 0 aliphatic carbocycles. The quantitative estimate of drug-likeness (QED) is 0.351. The zero-order valence-electron chi connectivity index (χ0n) is 16.5. The van der Waals surface area contributed by atoms with E-state index in [1.807, 2.05) is 43.3 Å². The Morgan fingerprint density at radius 3 is 2.57 bits per heavy atom. The summed E-state index contributed by atoms with van der Waals surface area (Å²) in [4.78, 5) is 13.7. The third-order valence-electron chi connectivity index (χ3n) is 4.74. The normalized spacial score (nSPS) is 11.3. The van der Waals surface area contributed by atoms with Gasteiger partial charge in [-0.2, -0.15) is 0 Å². The van der Waals surface area contributed by atoms with Crippen molar-refractivity contribution >= 4 is 33.3 Å². The van der Waals surface area contributed by atoms with E-state index in [0.717, 1.165) is 5.56 Å². The number of thiophene rings is 1. The first-order valence-electron chi connectivity index (χ1n) is 9.43. The molecule has 1 heterocycles. The Morgan fingerprint density at radius 1 is 1.07 bits per heavy atom. The predicted molar refractivity (Wildman–Crippen MR) is 119 cm³/mol. The van der Waals surface area contributed by atoms with Crippen LogP contribution in [0.15, 0.2) is 66.7 Å². The van der Waals surface area contributed by atoms with E-state index >= 15 is 0 Å². The molecule has 3 nitrogen and oxygen atoms in total. The first-order chi connectivity index (χ1) is 14.5. The molecule has 5 heteroatoms. The van der Waals surface area contributed by atoms with Crippen LogP contribution in [0.3, 0.4) is 0 Å². The molecule has 4 rings (SSSR count). The molecule has 0 amide bonds. The highest BCUT2D eigenvalue weighted by molar-refractivity contribution is 7.21. The van der Waals surface area contributed by atoms with Gasteiger partial charge in [0.1, 0.15) is 22.2 Å². The number of phenols is 1. The fraction of sp³-hybridized carbons (Fsp3) is 0.0800. The van der Waals surface area contributed by atoms with Gasteiger partial charge in [0.15, 0.2) is 5.75 Å². The Bertz CT molecular complexity index is 1270. The number of aryl methyl sites for hydroxylation is 1. The van der Waals surface area contributed by atoms with Gasteiger partial charge in [0.05, 0.1) is 0 Å². The van der Waals surface area contributed by atoms with Gasteiger partial charge >= 0.3 is 0 Å². The summed E-state index contributed by atoms with van der Waals surface area (Å²) in [6, 6.07) is 16.6. The number of halogens is 1. The second kappa shape index (κ2) is 8.13. The van der Waals surface area contributed by atoms with E-state index in [1.54, 1.807) is 31.2 Å². The van der Waals surface area contributed by atoms with Crippen LogP contribution < -0.4 is 4.74 Å². The van der Waals surface area contributed by atoms with E-state index in [0.29, 0.717) is 37.6 Å². The minimum atomic E-state index is -0.468. The van der Waals surface area contributed by atoms with Gasteiger partial charge in [-0.25, -0.2) is 4.39 Å². The first kappa shape index (κ1) is 19.9. The fourth-order valence-electron chi connectivity index (χ4n) is 3.23. The summed E-state index contributed by atoms with van der Waals surface area (Å²) in [6.45, 7) is 3.72. The summed E-state index contributed by atoms with van der Waals surface area (Å²) in [5.41, 5.74) is 2.01. The average Bonchev–Trinajstić information content (AvgIpc) is 3.08. The summed E-state index contributed by atoms with van der Waals surface area (Å²) < 4.78 is 20.7. The summed E-state index contributed by atoms with van der Waals surface area (Å²) in [7, 11) is 0. The molecule has 3 aromatic carbocycles. The number of hydrogen-bond donors (Lipinski definition) is 1. The van der Waals surface area contributed by atoms with Gasteiger partial charge in [-0.1, -0.05) is 30.4 Å². The van der Waals surface area contributed by atoms with Crippen molar-refractivity contribution in [3.8, 4) is 17.2 Å². The molecule has 30 heavy (non-hydrogen) atoms. The highest BCUT2D eigenvalue weighted by atomic mass is 32.1. The van der Waals surface area contributed by atoms with Crippen LogP contribution in [0.5, 0.6) is 17.2 Å². The molecule has 0 radical (unpaired) electrons. The van der Waals surface area contributed by atoms with Crippen molar-refractivity contribution in [2.24, 2.45) is 0 Å². The van der Waals surface area contributed by atoms with E-state index in [2.05, 4.69) is 0 Å². The lowest BCUT2D eigenvalue weighted by Gasteiger charge is -2.09. The molecule has 0 spiro atoms. The Kier molecular flexibility index (Phi) is 5.38. The molecule has 0 fully saturated rings. The van der Waals surface area contributed by atoms with Crippen molar-refractivity contribution in [3.05, 3.63) is 94.1 Å². The number of allylic oxidation sites excluding steroid dienone is 1. The molecule has 1 aromatic heterocycles. The van der Waals surface area contributed by atoms with Crippen LogP contribution in [0.1, 0.15) is 33.3 Å².